The van der Waals surface area contributed by atoms with Gasteiger partial charge < -0.3 is 0 Å². The molecule has 3 saturated heterocycles. The van der Waals surface area contributed by atoms with Gasteiger partial charge in [0.25, 0.3) is 0 Å². The largest absolute Gasteiger partial charge is 0.296 e. The van der Waals surface area contributed by atoms with Crippen LogP contribution in [-0.4, -0.2) is 46.5 Å². The number of hydrogen-bond donors (Lipinski definition) is 0. The number of nitrogens with zero attached hydrogens (tertiary/aromatic N) is 3. The van der Waals surface area contributed by atoms with Crippen molar-refractivity contribution in [2.45, 2.75) is 49.6 Å². The van der Waals surface area contributed by atoms with Gasteiger partial charge in [0, 0.05) is 31.4 Å². The molecule has 0 amide bonds. The van der Waals surface area contributed by atoms with Gasteiger partial charge >= 0.3 is 0 Å². The molecule has 33 heavy (non-hydrogen) atoms. The van der Waals surface area contributed by atoms with E-state index < -0.39 is 0 Å². The molecule has 0 N–H and O–H groups in total. The summed E-state index contributed by atoms with van der Waals surface area (Å²) in [6.07, 6.45) is 7.19. The summed E-state index contributed by atoms with van der Waals surface area (Å²) in [5, 5.41) is 0. The van der Waals surface area contributed by atoms with E-state index in [-0.39, 0.29) is 5.54 Å². The van der Waals surface area contributed by atoms with Crippen LogP contribution in [0.25, 0.3) is 0 Å². The summed E-state index contributed by atoms with van der Waals surface area (Å²) >= 11 is 0. The Labute approximate surface area is 198 Å². The Balaban J connectivity index is 1.44. The molecule has 4 heterocycles. The van der Waals surface area contributed by atoms with Crippen LogP contribution in [0.5, 0.6) is 0 Å². The predicted octanol–water partition coefficient (Wildman–Crippen LogP) is 5.71. The van der Waals surface area contributed by atoms with Crippen molar-refractivity contribution in [3.63, 3.8) is 0 Å². The average Bonchev–Trinajstić information content (AvgIpc) is 3.32. The van der Waals surface area contributed by atoms with E-state index in [1.807, 2.05) is 12.3 Å². The van der Waals surface area contributed by atoms with E-state index in [0.29, 0.717) is 17.8 Å². The SMILES string of the molecule is c1ccc(C2CC3(N4CCCC4)CC(c4ccccc4)C2CN(Cc2ccccn2)C3)cc1. The normalized spacial score (nSPS) is 30.4. The molecule has 0 spiro atoms. The second kappa shape index (κ2) is 9.04. The first-order valence-electron chi connectivity index (χ1n) is 12.8. The summed E-state index contributed by atoms with van der Waals surface area (Å²) < 4.78 is 0. The lowest BCUT2D eigenvalue weighted by molar-refractivity contribution is 0.0415. The van der Waals surface area contributed by atoms with Gasteiger partial charge in [0.1, 0.15) is 0 Å². The lowest BCUT2D eigenvalue weighted by Crippen LogP contribution is -2.55. The Morgan fingerprint density at radius 1 is 0.758 bits per heavy atom. The third-order valence-electron chi connectivity index (χ3n) is 8.56. The maximum atomic E-state index is 4.69. The number of likely N-dealkylation sites (tertiary alicyclic amines) is 1. The number of rotatable bonds is 5. The average molecular weight is 438 g/mol. The van der Waals surface area contributed by atoms with Crippen molar-refractivity contribution in [2.24, 2.45) is 5.92 Å². The van der Waals surface area contributed by atoms with Crippen LogP contribution < -0.4 is 0 Å². The van der Waals surface area contributed by atoms with Gasteiger partial charge in [-0.1, -0.05) is 66.7 Å². The monoisotopic (exact) mass is 437 g/mol. The number of benzene rings is 2. The summed E-state index contributed by atoms with van der Waals surface area (Å²) in [7, 11) is 0. The number of hydrogen-bond acceptors (Lipinski definition) is 3. The zero-order valence-electron chi connectivity index (χ0n) is 19.5. The lowest BCUT2D eigenvalue weighted by Gasteiger charge is -2.51. The topological polar surface area (TPSA) is 19.4 Å². The molecule has 4 fully saturated rings. The first kappa shape index (κ1) is 21.1. The second-order valence-electron chi connectivity index (χ2n) is 10.5. The third-order valence-corrected chi connectivity index (χ3v) is 8.56. The lowest BCUT2D eigenvalue weighted by atomic mass is 9.61. The summed E-state index contributed by atoms with van der Waals surface area (Å²) in [6.45, 7) is 5.77. The zero-order valence-corrected chi connectivity index (χ0v) is 19.5. The summed E-state index contributed by atoms with van der Waals surface area (Å²) in [5.41, 5.74) is 4.50. The number of fused-ring (bicyclic) bond motifs is 4. The van der Waals surface area contributed by atoms with Crippen molar-refractivity contribution in [2.75, 3.05) is 26.2 Å². The van der Waals surface area contributed by atoms with Gasteiger partial charge in [-0.2, -0.15) is 0 Å². The van der Waals surface area contributed by atoms with Gasteiger partial charge in [0.15, 0.2) is 0 Å². The third kappa shape index (κ3) is 4.13. The van der Waals surface area contributed by atoms with E-state index in [0.717, 1.165) is 19.6 Å². The minimum absolute atomic E-state index is 0.235. The zero-order chi connectivity index (χ0) is 22.1. The fourth-order valence-corrected chi connectivity index (χ4v) is 7.17. The van der Waals surface area contributed by atoms with Crippen LogP contribution in [0, 0.1) is 5.92 Å². The smallest absolute Gasteiger partial charge is 0.0543 e. The van der Waals surface area contributed by atoms with Crippen molar-refractivity contribution in [3.05, 3.63) is 102 Å². The Morgan fingerprint density at radius 3 is 1.94 bits per heavy atom. The van der Waals surface area contributed by atoms with Crippen molar-refractivity contribution in [3.8, 4) is 0 Å². The minimum atomic E-state index is 0.235. The van der Waals surface area contributed by atoms with Crippen LogP contribution in [0.3, 0.4) is 0 Å². The molecule has 3 aliphatic heterocycles. The highest BCUT2D eigenvalue weighted by molar-refractivity contribution is 5.31. The highest BCUT2D eigenvalue weighted by Crippen LogP contribution is 2.55. The van der Waals surface area contributed by atoms with Gasteiger partial charge in [-0.15, -0.1) is 0 Å². The number of aromatic nitrogens is 1. The summed E-state index contributed by atoms with van der Waals surface area (Å²) in [4.78, 5) is 10.3. The van der Waals surface area contributed by atoms with Gasteiger partial charge in [-0.25, -0.2) is 0 Å². The van der Waals surface area contributed by atoms with Crippen LogP contribution in [0.4, 0.5) is 0 Å². The molecule has 1 aromatic heterocycles. The molecule has 3 heteroatoms. The highest BCUT2D eigenvalue weighted by Gasteiger charge is 2.53. The molecule has 4 aliphatic rings. The second-order valence-corrected chi connectivity index (χ2v) is 10.5. The molecular weight excluding hydrogens is 402 g/mol. The van der Waals surface area contributed by atoms with Crippen LogP contribution in [0.2, 0.25) is 0 Å². The molecule has 3 aromatic rings. The first-order chi connectivity index (χ1) is 16.3. The molecular formula is C30H35N3. The minimum Gasteiger partial charge on any atom is -0.296 e. The van der Waals surface area contributed by atoms with Crippen molar-refractivity contribution in [1.82, 2.24) is 14.8 Å². The fraction of sp³-hybridized carbons (Fsp3) is 0.433. The predicted molar refractivity (Wildman–Crippen MR) is 134 cm³/mol. The Bertz CT molecular complexity index is 980. The van der Waals surface area contributed by atoms with Crippen molar-refractivity contribution in [1.29, 1.82) is 0 Å². The quantitative estimate of drug-likeness (QED) is 0.510. The molecule has 1 aliphatic carbocycles. The first-order valence-corrected chi connectivity index (χ1v) is 12.8. The fourth-order valence-electron chi connectivity index (χ4n) is 7.17. The number of pyridine rings is 1. The van der Waals surface area contributed by atoms with Gasteiger partial charge in [-0.3, -0.25) is 14.8 Å². The molecule has 7 rings (SSSR count). The van der Waals surface area contributed by atoms with Crippen LogP contribution in [-0.2, 0) is 6.54 Å². The molecule has 2 unspecified atom stereocenters. The van der Waals surface area contributed by atoms with Gasteiger partial charge in [0.05, 0.1) is 5.69 Å². The van der Waals surface area contributed by atoms with E-state index in [2.05, 4.69) is 82.6 Å². The Kier molecular flexibility index (Phi) is 5.77. The summed E-state index contributed by atoms with van der Waals surface area (Å²) in [6, 6.07) is 29.2. The van der Waals surface area contributed by atoms with Crippen LogP contribution in [0.15, 0.2) is 85.1 Å². The maximum Gasteiger partial charge on any atom is 0.0543 e. The molecule has 0 radical (unpaired) electrons. The van der Waals surface area contributed by atoms with Crippen LogP contribution >= 0.6 is 0 Å². The molecule has 2 atom stereocenters. The molecule has 2 bridgehead atoms. The van der Waals surface area contributed by atoms with Crippen LogP contribution in [0.1, 0.15) is 54.3 Å². The molecule has 1 saturated carbocycles. The summed E-state index contributed by atoms with van der Waals surface area (Å²) in [5.74, 6) is 1.82. The molecule has 170 valence electrons. The van der Waals surface area contributed by atoms with Gasteiger partial charge in [-0.05, 0) is 79.8 Å². The van der Waals surface area contributed by atoms with E-state index in [9.17, 15) is 0 Å². The van der Waals surface area contributed by atoms with E-state index in [1.165, 1.54) is 55.6 Å². The maximum absolute atomic E-state index is 4.69. The Hall–Kier alpha value is -2.49. The van der Waals surface area contributed by atoms with E-state index in [4.69, 9.17) is 4.98 Å². The Morgan fingerprint density at radius 2 is 1.36 bits per heavy atom. The molecule has 2 aromatic carbocycles. The molecule has 3 nitrogen and oxygen atoms in total. The standard InChI is InChI=1S/C30H35N3/c1-3-11-24(12-4-1)27-19-30(33-17-9-10-18-33)20-28(25-13-5-2-6-14-25)29(27)22-32(23-30)21-26-15-7-8-16-31-26/h1-8,11-16,27-29H,9-10,17-23H2. The van der Waals surface area contributed by atoms with E-state index in [1.54, 1.807) is 0 Å². The highest BCUT2D eigenvalue weighted by atomic mass is 15.3. The van der Waals surface area contributed by atoms with Crippen molar-refractivity contribution < 1.29 is 0 Å². The van der Waals surface area contributed by atoms with Crippen molar-refractivity contribution >= 4 is 0 Å². The van der Waals surface area contributed by atoms with E-state index >= 15 is 0 Å². The van der Waals surface area contributed by atoms with Gasteiger partial charge in [0.2, 0.25) is 0 Å².